The molecular formula is C25H50O12. The first kappa shape index (κ1) is 41.8. The van der Waals surface area contributed by atoms with Crippen LogP contribution < -0.4 is 0 Å². The molecule has 0 radical (unpaired) electrons. The summed E-state index contributed by atoms with van der Waals surface area (Å²) in [6, 6.07) is 0. The van der Waals surface area contributed by atoms with Crippen LogP contribution in [0, 0.1) is 5.41 Å². The average molecular weight is 543 g/mol. The molecule has 0 amide bonds. The highest BCUT2D eigenvalue weighted by molar-refractivity contribution is 5.68. The van der Waals surface area contributed by atoms with Crippen molar-refractivity contribution in [2.45, 2.75) is 104 Å². The van der Waals surface area contributed by atoms with E-state index in [2.05, 4.69) is 0 Å². The van der Waals surface area contributed by atoms with E-state index in [9.17, 15) is 19.2 Å². The lowest BCUT2D eigenvalue weighted by Gasteiger charge is -2.16. The standard InChI is InChI=1S/C10H18O4.C6H10O4.C5H12O2.C4H10O2/c11-9(12)7-5-3-1-2-4-6-8-10(13)14;7-5(8)3-1-2-4-6(9)10;1-5(2,3-6)4-7;5-3-1-2-4-6/h1-8H2,(H,11,12)(H,13,14);1-4H2,(H,7,8)(H,9,10);6-7H,3-4H2,1-2H3;5-6H,1-4H2. The molecule has 0 aromatic heterocycles. The molecule has 8 N–H and O–H groups in total. The van der Waals surface area contributed by atoms with Crippen molar-refractivity contribution in [1.29, 1.82) is 0 Å². The molecule has 0 spiro atoms. The van der Waals surface area contributed by atoms with Crippen LogP contribution in [-0.4, -0.2) is 91.2 Å². The summed E-state index contributed by atoms with van der Waals surface area (Å²) < 4.78 is 0. The second kappa shape index (κ2) is 31.7. The lowest BCUT2D eigenvalue weighted by atomic mass is 9.97. The minimum atomic E-state index is -0.870. The Morgan fingerprint density at radius 2 is 0.649 bits per heavy atom. The fraction of sp³-hybridized carbons (Fsp3) is 0.840. The van der Waals surface area contributed by atoms with E-state index in [-0.39, 0.29) is 57.5 Å². The van der Waals surface area contributed by atoms with Gasteiger partial charge in [-0.3, -0.25) is 19.2 Å². The summed E-state index contributed by atoms with van der Waals surface area (Å²) in [4.78, 5) is 40.1. The zero-order valence-corrected chi connectivity index (χ0v) is 22.4. The molecule has 0 unspecified atom stereocenters. The number of carboxylic acid groups (broad SMARTS) is 4. The molecule has 0 bridgehead atoms. The summed E-state index contributed by atoms with van der Waals surface area (Å²) in [6.45, 7) is 4.08. The fourth-order valence-electron chi connectivity index (χ4n) is 2.09. The lowest BCUT2D eigenvalue weighted by Crippen LogP contribution is -2.20. The van der Waals surface area contributed by atoms with E-state index >= 15 is 0 Å². The fourth-order valence-corrected chi connectivity index (χ4v) is 2.09. The normalized spacial score (nSPS) is 10.0. The van der Waals surface area contributed by atoms with Crippen LogP contribution in [0.1, 0.15) is 104 Å². The quantitative estimate of drug-likeness (QED) is 0.110. The molecule has 0 aromatic carbocycles. The molecule has 222 valence electrons. The molecular weight excluding hydrogens is 492 g/mol. The van der Waals surface area contributed by atoms with Crippen molar-refractivity contribution < 1.29 is 60.0 Å². The zero-order valence-electron chi connectivity index (χ0n) is 22.4. The SMILES string of the molecule is CC(C)(CO)CO.O=C(O)CCCCC(=O)O.O=C(O)CCCCCCCCC(=O)O.OCCCCO. The number of carbonyl (C=O) groups is 4. The van der Waals surface area contributed by atoms with Crippen LogP contribution in [0.25, 0.3) is 0 Å². The molecule has 0 aromatic rings. The van der Waals surface area contributed by atoms with E-state index in [0.717, 1.165) is 51.4 Å². The van der Waals surface area contributed by atoms with Crippen LogP contribution in [0.5, 0.6) is 0 Å². The third kappa shape index (κ3) is 55.5. The van der Waals surface area contributed by atoms with E-state index in [1.54, 1.807) is 13.8 Å². The Hall–Kier alpha value is -2.28. The average Bonchev–Trinajstić information content (AvgIpc) is 2.83. The lowest BCUT2D eigenvalue weighted by molar-refractivity contribution is -0.139. The van der Waals surface area contributed by atoms with Crippen LogP contribution in [-0.2, 0) is 19.2 Å². The Balaban J connectivity index is -0.000000208. The molecule has 0 heterocycles. The molecule has 0 aliphatic rings. The van der Waals surface area contributed by atoms with Gasteiger partial charge in [-0.15, -0.1) is 0 Å². The van der Waals surface area contributed by atoms with Crippen molar-refractivity contribution >= 4 is 23.9 Å². The van der Waals surface area contributed by atoms with E-state index in [1.807, 2.05) is 0 Å². The minimum Gasteiger partial charge on any atom is -0.481 e. The van der Waals surface area contributed by atoms with Crippen LogP contribution >= 0.6 is 0 Å². The third-order valence-corrected chi connectivity index (χ3v) is 4.48. The third-order valence-electron chi connectivity index (χ3n) is 4.48. The van der Waals surface area contributed by atoms with Crippen molar-refractivity contribution in [2.24, 2.45) is 5.41 Å². The summed E-state index contributed by atoms with van der Waals surface area (Å²) in [7, 11) is 0. The molecule has 0 aliphatic heterocycles. The highest BCUT2D eigenvalue weighted by Gasteiger charge is 2.13. The van der Waals surface area contributed by atoms with Crippen molar-refractivity contribution in [3.8, 4) is 0 Å². The molecule has 0 rings (SSSR count). The van der Waals surface area contributed by atoms with Crippen LogP contribution in [0.15, 0.2) is 0 Å². The minimum absolute atomic E-state index is 0.0451. The van der Waals surface area contributed by atoms with E-state index < -0.39 is 23.9 Å². The Kier molecular flexibility index (Phi) is 35.9. The van der Waals surface area contributed by atoms with Gasteiger partial charge in [0.1, 0.15) is 0 Å². The highest BCUT2D eigenvalue weighted by Crippen LogP contribution is 2.10. The number of hydrogen-bond donors (Lipinski definition) is 8. The van der Waals surface area contributed by atoms with Crippen molar-refractivity contribution in [2.75, 3.05) is 26.4 Å². The van der Waals surface area contributed by atoms with Gasteiger partial charge in [0.2, 0.25) is 0 Å². The smallest absolute Gasteiger partial charge is 0.303 e. The maximum atomic E-state index is 10.1. The second-order valence-electron chi connectivity index (χ2n) is 9.04. The van der Waals surface area contributed by atoms with Crippen molar-refractivity contribution in [3.05, 3.63) is 0 Å². The first-order valence-electron chi connectivity index (χ1n) is 12.6. The van der Waals surface area contributed by atoms with Gasteiger partial charge in [-0.2, -0.15) is 0 Å². The number of rotatable bonds is 19. The maximum Gasteiger partial charge on any atom is 0.303 e. The molecule has 37 heavy (non-hydrogen) atoms. The summed E-state index contributed by atoms with van der Waals surface area (Å²) in [5.74, 6) is -3.22. The second-order valence-corrected chi connectivity index (χ2v) is 9.04. The van der Waals surface area contributed by atoms with Crippen LogP contribution in [0.4, 0.5) is 0 Å². The van der Waals surface area contributed by atoms with Gasteiger partial charge in [0, 0.05) is 44.3 Å². The summed E-state index contributed by atoms with van der Waals surface area (Å²) in [5.41, 5.74) is -0.306. The summed E-state index contributed by atoms with van der Waals surface area (Å²) in [5, 5.41) is 66.0. The van der Waals surface area contributed by atoms with Crippen LogP contribution in [0.2, 0.25) is 0 Å². The molecule has 0 saturated carbocycles. The van der Waals surface area contributed by atoms with E-state index in [1.165, 1.54) is 0 Å². The van der Waals surface area contributed by atoms with E-state index in [0.29, 0.717) is 12.8 Å². The van der Waals surface area contributed by atoms with Crippen molar-refractivity contribution in [3.63, 3.8) is 0 Å². The van der Waals surface area contributed by atoms with Gasteiger partial charge in [0.25, 0.3) is 0 Å². The highest BCUT2D eigenvalue weighted by atomic mass is 16.4. The van der Waals surface area contributed by atoms with Gasteiger partial charge < -0.3 is 40.9 Å². The molecule has 12 nitrogen and oxygen atoms in total. The van der Waals surface area contributed by atoms with Gasteiger partial charge in [-0.1, -0.05) is 39.5 Å². The van der Waals surface area contributed by atoms with Gasteiger partial charge in [0.15, 0.2) is 0 Å². The van der Waals surface area contributed by atoms with Gasteiger partial charge in [-0.25, -0.2) is 0 Å². The monoisotopic (exact) mass is 542 g/mol. The number of unbranched alkanes of at least 4 members (excludes halogenated alkanes) is 7. The van der Waals surface area contributed by atoms with Gasteiger partial charge in [0.05, 0.1) is 13.2 Å². The molecule has 0 fully saturated rings. The first-order chi connectivity index (χ1) is 17.3. The molecule has 12 heteroatoms. The summed E-state index contributed by atoms with van der Waals surface area (Å²) in [6.07, 6.45) is 8.28. The Bertz CT molecular complexity index is 504. The molecule has 0 atom stereocenters. The molecule has 0 aliphatic carbocycles. The van der Waals surface area contributed by atoms with Gasteiger partial charge in [-0.05, 0) is 38.5 Å². The molecule has 0 saturated heterocycles. The zero-order chi connectivity index (χ0) is 29.5. The van der Waals surface area contributed by atoms with E-state index in [4.69, 9.17) is 40.9 Å². The predicted molar refractivity (Wildman–Crippen MR) is 137 cm³/mol. The summed E-state index contributed by atoms with van der Waals surface area (Å²) >= 11 is 0. The Morgan fingerprint density at radius 1 is 0.432 bits per heavy atom. The first-order valence-corrected chi connectivity index (χ1v) is 12.6. The van der Waals surface area contributed by atoms with Crippen molar-refractivity contribution in [1.82, 2.24) is 0 Å². The number of aliphatic hydroxyl groups excluding tert-OH is 4. The largest absolute Gasteiger partial charge is 0.481 e. The van der Waals surface area contributed by atoms with Gasteiger partial charge >= 0.3 is 23.9 Å². The number of aliphatic hydroxyl groups is 4. The number of hydrogen-bond acceptors (Lipinski definition) is 8. The Morgan fingerprint density at radius 3 is 0.811 bits per heavy atom. The topological polar surface area (TPSA) is 230 Å². The predicted octanol–water partition coefficient (Wildman–Crippen LogP) is 2.74. The maximum absolute atomic E-state index is 10.1. The number of carboxylic acids is 4. The van der Waals surface area contributed by atoms with Crippen LogP contribution in [0.3, 0.4) is 0 Å². The Labute approximate surface area is 220 Å². The number of aliphatic carboxylic acids is 4.